The second-order valence-corrected chi connectivity index (χ2v) is 7.84. The Morgan fingerprint density at radius 3 is 2.81 bits per heavy atom. The molecule has 31 heavy (non-hydrogen) atoms. The number of hydrogen-bond donors (Lipinski definition) is 3. The van der Waals surface area contributed by atoms with Crippen molar-refractivity contribution in [3.05, 3.63) is 52.4 Å². The largest absolute Gasteiger partial charge is 0.465 e. The number of aromatic amines is 1. The van der Waals surface area contributed by atoms with E-state index in [0.29, 0.717) is 49.1 Å². The summed E-state index contributed by atoms with van der Waals surface area (Å²) in [5, 5.41) is 26.8. The first-order chi connectivity index (χ1) is 15.0. The Morgan fingerprint density at radius 2 is 2.13 bits per heavy atom. The average molecular weight is 420 g/mol. The molecule has 0 bridgehead atoms. The van der Waals surface area contributed by atoms with Gasteiger partial charge in [-0.05, 0) is 43.0 Å². The molecule has 1 fully saturated rings. The summed E-state index contributed by atoms with van der Waals surface area (Å²) in [6.45, 7) is 2.91. The Hall–Kier alpha value is -3.80. The van der Waals surface area contributed by atoms with E-state index < -0.39 is 6.09 Å². The number of rotatable bonds is 5. The Bertz CT molecular complexity index is 1210. The fourth-order valence-corrected chi connectivity index (χ4v) is 4.34. The Balaban J connectivity index is 1.77. The van der Waals surface area contributed by atoms with Gasteiger partial charge in [0.2, 0.25) is 0 Å². The van der Waals surface area contributed by atoms with E-state index in [1.165, 1.54) is 4.90 Å². The molecule has 0 spiro atoms. The molecule has 3 aromatic rings. The van der Waals surface area contributed by atoms with Crippen LogP contribution in [0.4, 0.5) is 16.3 Å². The van der Waals surface area contributed by atoms with Crippen LogP contribution in [0.5, 0.6) is 0 Å². The van der Waals surface area contributed by atoms with Crippen LogP contribution in [-0.2, 0) is 12.0 Å². The van der Waals surface area contributed by atoms with Gasteiger partial charge in [-0.25, -0.2) is 4.79 Å². The van der Waals surface area contributed by atoms with Crippen LogP contribution in [0.3, 0.4) is 0 Å². The van der Waals surface area contributed by atoms with Crippen LogP contribution in [0.25, 0.3) is 10.9 Å². The number of carbonyl (C=O) groups is 1. The number of piperidine rings is 1. The van der Waals surface area contributed by atoms with E-state index >= 15 is 0 Å². The average Bonchev–Trinajstić information content (AvgIpc) is 3.14. The van der Waals surface area contributed by atoms with Gasteiger partial charge in [-0.15, -0.1) is 0 Å². The van der Waals surface area contributed by atoms with Crippen LogP contribution < -0.4 is 10.9 Å². The Morgan fingerprint density at radius 1 is 1.35 bits per heavy atom. The molecule has 1 amide bonds. The van der Waals surface area contributed by atoms with Gasteiger partial charge in [-0.2, -0.15) is 10.4 Å². The van der Waals surface area contributed by atoms with Gasteiger partial charge in [-0.1, -0.05) is 19.1 Å². The third-order valence-corrected chi connectivity index (χ3v) is 6.15. The lowest BCUT2D eigenvalue weighted by molar-refractivity contribution is 0.0869. The van der Waals surface area contributed by atoms with Gasteiger partial charge in [-0.3, -0.25) is 9.48 Å². The van der Waals surface area contributed by atoms with Gasteiger partial charge in [0.15, 0.2) is 5.82 Å². The van der Waals surface area contributed by atoms with E-state index in [9.17, 15) is 14.7 Å². The van der Waals surface area contributed by atoms with Crippen LogP contribution in [0, 0.1) is 11.3 Å². The van der Waals surface area contributed by atoms with Crippen molar-refractivity contribution in [3.63, 3.8) is 0 Å². The van der Waals surface area contributed by atoms with Crippen molar-refractivity contribution < 1.29 is 9.90 Å². The molecule has 2 aromatic heterocycles. The predicted molar refractivity (Wildman–Crippen MR) is 116 cm³/mol. The first kappa shape index (κ1) is 20.5. The van der Waals surface area contributed by atoms with Crippen LogP contribution in [0.15, 0.2) is 41.3 Å². The van der Waals surface area contributed by atoms with E-state index in [4.69, 9.17) is 10.4 Å². The summed E-state index contributed by atoms with van der Waals surface area (Å²) in [7, 11) is 0. The predicted octanol–water partition coefficient (Wildman–Crippen LogP) is 3.41. The van der Waals surface area contributed by atoms with Crippen molar-refractivity contribution in [1.29, 1.82) is 5.26 Å². The minimum atomic E-state index is -0.911. The third-order valence-electron chi connectivity index (χ3n) is 6.15. The molecule has 4 rings (SSSR count). The van der Waals surface area contributed by atoms with Crippen molar-refractivity contribution in [2.75, 3.05) is 18.4 Å². The van der Waals surface area contributed by atoms with Gasteiger partial charge >= 0.3 is 6.09 Å². The highest BCUT2D eigenvalue weighted by molar-refractivity contribution is 5.91. The molecule has 1 aliphatic rings. The van der Waals surface area contributed by atoms with E-state index in [-0.39, 0.29) is 11.1 Å². The Kier molecular flexibility index (Phi) is 5.38. The minimum Gasteiger partial charge on any atom is -0.465 e. The van der Waals surface area contributed by atoms with Crippen molar-refractivity contribution in [1.82, 2.24) is 19.7 Å². The number of anilines is 2. The fraction of sp³-hybridized carbons (Fsp3) is 0.364. The van der Waals surface area contributed by atoms with Crippen LogP contribution >= 0.6 is 0 Å². The standard InChI is InChI=1S/C22H24N6O3/c1-2-22(8-12-27(13-9-22)21(30)31)28-17-7-11-24-20(29)18(17)19(26-28)25-16-5-3-4-15(14-16)6-10-23/h3-5,7,11,14H,2,6,8-9,12-13H2,1H3,(H,24,29)(H,25,26)(H,30,31). The maximum Gasteiger partial charge on any atom is 0.407 e. The maximum absolute atomic E-state index is 12.7. The maximum atomic E-state index is 12.7. The zero-order valence-corrected chi connectivity index (χ0v) is 17.3. The van der Waals surface area contributed by atoms with Gasteiger partial charge in [0.05, 0.1) is 23.5 Å². The molecule has 0 aliphatic carbocycles. The molecule has 0 unspecified atom stereocenters. The molecule has 3 heterocycles. The lowest BCUT2D eigenvalue weighted by Crippen LogP contribution is -2.47. The number of amides is 1. The topological polar surface area (TPSA) is 127 Å². The number of nitrogens with one attached hydrogen (secondary N) is 2. The third kappa shape index (κ3) is 3.72. The summed E-state index contributed by atoms with van der Waals surface area (Å²) in [5.41, 5.74) is 1.71. The van der Waals surface area contributed by atoms with E-state index in [1.54, 1.807) is 6.20 Å². The van der Waals surface area contributed by atoms with Crippen molar-refractivity contribution in [2.24, 2.45) is 0 Å². The number of H-pyrrole nitrogens is 1. The van der Waals surface area contributed by atoms with E-state index in [1.807, 2.05) is 35.0 Å². The number of aromatic nitrogens is 3. The molecule has 0 radical (unpaired) electrons. The molecule has 9 nitrogen and oxygen atoms in total. The quantitative estimate of drug-likeness (QED) is 0.580. The molecular weight excluding hydrogens is 396 g/mol. The molecule has 3 N–H and O–H groups in total. The molecular formula is C22H24N6O3. The smallest absolute Gasteiger partial charge is 0.407 e. The summed E-state index contributed by atoms with van der Waals surface area (Å²) < 4.78 is 1.90. The molecule has 160 valence electrons. The lowest BCUT2D eigenvalue weighted by atomic mass is 9.85. The van der Waals surface area contributed by atoms with Crippen molar-refractivity contribution in [2.45, 2.75) is 38.1 Å². The Labute approximate surface area is 178 Å². The normalized spacial score (nSPS) is 15.5. The highest BCUT2D eigenvalue weighted by Crippen LogP contribution is 2.37. The van der Waals surface area contributed by atoms with E-state index in [2.05, 4.69) is 23.3 Å². The monoisotopic (exact) mass is 420 g/mol. The summed E-state index contributed by atoms with van der Waals surface area (Å²) >= 11 is 0. The second kappa shape index (κ2) is 8.14. The molecule has 1 aliphatic heterocycles. The summed E-state index contributed by atoms with van der Waals surface area (Å²) in [4.78, 5) is 28.2. The SMILES string of the molecule is CCC1(n2nc(Nc3cccc(CC#N)c3)c3c(=O)[nH]ccc32)CCN(C(=O)O)CC1. The lowest BCUT2D eigenvalue weighted by Gasteiger charge is -2.41. The molecule has 9 heteroatoms. The number of nitrogens with zero attached hydrogens (tertiary/aromatic N) is 4. The molecule has 1 saturated heterocycles. The fourth-order valence-electron chi connectivity index (χ4n) is 4.34. The van der Waals surface area contributed by atoms with Crippen molar-refractivity contribution in [3.8, 4) is 6.07 Å². The first-order valence-corrected chi connectivity index (χ1v) is 10.3. The van der Waals surface area contributed by atoms with Crippen LogP contribution in [-0.4, -0.2) is 44.0 Å². The summed E-state index contributed by atoms with van der Waals surface area (Å²) in [6.07, 6.45) is 3.00. The summed E-state index contributed by atoms with van der Waals surface area (Å²) in [6, 6.07) is 11.4. The highest BCUT2D eigenvalue weighted by atomic mass is 16.4. The number of nitriles is 1. The second-order valence-electron chi connectivity index (χ2n) is 7.84. The number of pyridine rings is 1. The number of carboxylic acid groups (broad SMARTS) is 1. The van der Waals surface area contributed by atoms with Crippen LogP contribution in [0.2, 0.25) is 0 Å². The van der Waals surface area contributed by atoms with Gasteiger partial charge in [0.25, 0.3) is 5.56 Å². The zero-order valence-electron chi connectivity index (χ0n) is 17.3. The number of hydrogen-bond acceptors (Lipinski definition) is 5. The number of likely N-dealkylation sites (tertiary alicyclic amines) is 1. The number of benzene rings is 1. The molecule has 0 atom stereocenters. The minimum absolute atomic E-state index is 0.242. The zero-order chi connectivity index (χ0) is 22.0. The molecule has 0 saturated carbocycles. The highest BCUT2D eigenvalue weighted by Gasteiger charge is 2.38. The molecule has 1 aromatic carbocycles. The van der Waals surface area contributed by atoms with Gasteiger partial charge in [0, 0.05) is 25.0 Å². The first-order valence-electron chi connectivity index (χ1n) is 10.3. The van der Waals surface area contributed by atoms with Crippen molar-refractivity contribution >= 4 is 28.5 Å². The summed E-state index contributed by atoms with van der Waals surface area (Å²) in [5.74, 6) is 0.444. The van der Waals surface area contributed by atoms with E-state index in [0.717, 1.165) is 17.7 Å². The number of fused-ring (bicyclic) bond motifs is 1. The van der Waals surface area contributed by atoms with Gasteiger partial charge in [0.1, 0.15) is 5.39 Å². The van der Waals surface area contributed by atoms with Crippen LogP contribution in [0.1, 0.15) is 31.7 Å². The van der Waals surface area contributed by atoms with Gasteiger partial charge < -0.3 is 20.3 Å².